The van der Waals surface area contributed by atoms with Crippen LogP contribution in [0.15, 0.2) is 24.3 Å². The van der Waals surface area contributed by atoms with E-state index in [4.69, 9.17) is 10.5 Å². The summed E-state index contributed by atoms with van der Waals surface area (Å²) in [5, 5.41) is 11.1. The van der Waals surface area contributed by atoms with Gasteiger partial charge in [0.25, 0.3) is 0 Å². The number of nitrogens with zero attached hydrogens (tertiary/aromatic N) is 1. The van der Waals surface area contributed by atoms with E-state index in [9.17, 15) is 24.0 Å². The maximum atomic E-state index is 13.6. The number of likely N-dealkylation sites (tertiary alicyclic amines) is 1. The van der Waals surface area contributed by atoms with Crippen molar-refractivity contribution >= 4 is 35.3 Å². The van der Waals surface area contributed by atoms with Crippen molar-refractivity contribution in [3.05, 3.63) is 24.3 Å². The topological polar surface area (TPSA) is 172 Å². The number of methoxy groups -OCH3 is 1. The number of primary amides is 1. The molecule has 0 bridgehead atoms. The van der Waals surface area contributed by atoms with Crippen LogP contribution in [0.5, 0.6) is 5.75 Å². The molecule has 3 atom stereocenters. The van der Waals surface area contributed by atoms with Crippen molar-refractivity contribution in [1.82, 2.24) is 20.9 Å². The Kier molecular flexibility index (Phi) is 12.2. The molecule has 0 saturated carbocycles. The highest BCUT2D eigenvalue weighted by atomic mass is 16.5. The normalized spacial score (nSPS) is 17.6. The van der Waals surface area contributed by atoms with Gasteiger partial charge >= 0.3 is 6.03 Å². The molecule has 0 spiro atoms. The molecule has 6 amide bonds. The number of hydrogen-bond donors (Lipinski definition) is 5. The Morgan fingerprint density at radius 3 is 2.31 bits per heavy atom. The Labute approximate surface area is 248 Å². The average molecular weight is 589 g/mol. The Bertz CT molecular complexity index is 1130. The molecule has 1 heterocycles. The summed E-state index contributed by atoms with van der Waals surface area (Å²) in [7, 11) is 1.52. The molecule has 42 heavy (non-hydrogen) atoms. The molecule has 0 aliphatic carbocycles. The van der Waals surface area contributed by atoms with E-state index in [2.05, 4.69) is 21.3 Å². The van der Waals surface area contributed by atoms with Crippen molar-refractivity contribution < 1.29 is 28.7 Å². The Morgan fingerprint density at radius 2 is 1.71 bits per heavy atom. The van der Waals surface area contributed by atoms with Crippen molar-refractivity contribution in [2.45, 2.75) is 91.8 Å². The maximum Gasteiger partial charge on any atom is 0.319 e. The highest BCUT2D eigenvalue weighted by Gasteiger charge is 2.44. The van der Waals surface area contributed by atoms with E-state index >= 15 is 0 Å². The average Bonchev–Trinajstić information content (AvgIpc) is 3.27. The second-order valence-electron chi connectivity index (χ2n) is 13.2. The quantitative estimate of drug-likeness (QED) is 0.235. The van der Waals surface area contributed by atoms with Crippen LogP contribution in [0.3, 0.4) is 0 Å². The molecule has 1 fully saturated rings. The molecular formula is C30H48N6O6. The fourth-order valence-corrected chi connectivity index (χ4v) is 4.76. The van der Waals surface area contributed by atoms with Crippen molar-refractivity contribution in [3.8, 4) is 5.75 Å². The molecule has 1 aliphatic heterocycles. The van der Waals surface area contributed by atoms with E-state index in [1.54, 1.807) is 24.3 Å². The number of amides is 6. The zero-order chi connectivity index (χ0) is 31.7. The van der Waals surface area contributed by atoms with Crippen molar-refractivity contribution in [3.63, 3.8) is 0 Å². The molecule has 2 rings (SSSR count). The van der Waals surface area contributed by atoms with E-state index < -0.39 is 36.0 Å². The number of nitrogens with two attached hydrogens (primary N) is 1. The van der Waals surface area contributed by atoms with E-state index in [0.717, 1.165) is 0 Å². The van der Waals surface area contributed by atoms with Gasteiger partial charge in [0.2, 0.25) is 23.6 Å². The smallest absolute Gasteiger partial charge is 0.319 e. The van der Waals surface area contributed by atoms with Gasteiger partial charge in [0.1, 0.15) is 17.8 Å². The largest absolute Gasteiger partial charge is 0.497 e. The molecule has 1 aromatic rings. The lowest BCUT2D eigenvalue weighted by Gasteiger charge is -2.31. The highest BCUT2D eigenvalue weighted by Crippen LogP contribution is 2.26. The van der Waals surface area contributed by atoms with Gasteiger partial charge in [0, 0.05) is 37.7 Å². The number of benzene rings is 1. The van der Waals surface area contributed by atoms with Gasteiger partial charge in [-0.05, 0) is 42.2 Å². The molecule has 234 valence electrons. The van der Waals surface area contributed by atoms with E-state index in [1.807, 2.05) is 41.5 Å². The van der Waals surface area contributed by atoms with Crippen LogP contribution in [-0.2, 0) is 19.2 Å². The van der Waals surface area contributed by atoms with E-state index in [1.165, 1.54) is 12.0 Å². The van der Waals surface area contributed by atoms with Gasteiger partial charge in [-0.2, -0.15) is 0 Å². The number of carbonyl (C=O) groups excluding carboxylic acids is 5. The third-order valence-electron chi connectivity index (χ3n) is 6.66. The van der Waals surface area contributed by atoms with Crippen LogP contribution in [0.2, 0.25) is 0 Å². The number of urea groups is 1. The Balaban J connectivity index is 2.12. The predicted octanol–water partition coefficient (Wildman–Crippen LogP) is 2.53. The molecule has 0 radical (unpaired) electrons. The zero-order valence-electron chi connectivity index (χ0n) is 26.0. The number of hydrogen-bond acceptors (Lipinski definition) is 6. The van der Waals surface area contributed by atoms with Crippen LogP contribution in [0.1, 0.15) is 73.6 Å². The lowest BCUT2D eigenvalue weighted by atomic mass is 9.91. The molecule has 0 unspecified atom stereocenters. The van der Waals surface area contributed by atoms with Gasteiger partial charge < -0.3 is 36.6 Å². The van der Waals surface area contributed by atoms with Crippen LogP contribution in [0.25, 0.3) is 0 Å². The highest BCUT2D eigenvalue weighted by molar-refractivity contribution is 5.94. The molecule has 12 nitrogen and oxygen atoms in total. The lowest BCUT2D eigenvalue weighted by Crippen LogP contribution is -2.58. The summed E-state index contributed by atoms with van der Waals surface area (Å²) in [6.07, 6.45) is 1.52. The first kappa shape index (κ1) is 34.4. The summed E-state index contributed by atoms with van der Waals surface area (Å²) < 4.78 is 5.19. The second kappa shape index (κ2) is 14.9. The van der Waals surface area contributed by atoms with Crippen molar-refractivity contribution in [2.24, 2.45) is 16.6 Å². The number of carbonyl (C=O) groups is 5. The summed E-state index contributed by atoms with van der Waals surface area (Å²) >= 11 is 0. The van der Waals surface area contributed by atoms with Crippen LogP contribution in [-0.4, -0.2) is 72.9 Å². The minimum atomic E-state index is -1.04. The molecular weight excluding hydrogens is 540 g/mol. The third-order valence-corrected chi connectivity index (χ3v) is 6.66. The fraction of sp³-hybridized carbons (Fsp3) is 0.633. The minimum absolute atomic E-state index is 0.0951. The molecule has 12 heteroatoms. The summed E-state index contributed by atoms with van der Waals surface area (Å²) in [6, 6.07) is 3.52. The summed E-state index contributed by atoms with van der Waals surface area (Å²) in [6.45, 7) is 12.3. The van der Waals surface area contributed by atoms with E-state index in [0.29, 0.717) is 37.2 Å². The maximum absolute atomic E-state index is 13.6. The van der Waals surface area contributed by atoms with Gasteiger partial charge in [-0.3, -0.25) is 19.2 Å². The summed E-state index contributed by atoms with van der Waals surface area (Å²) in [5.74, 6) is -1.06. The molecule has 1 saturated heterocycles. The predicted molar refractivity (Wildman–Crippen MR) is 161 cm³/mol. The second-order valence-corrected chi connectivity index (χ2v) is 13.2. The van der Waals surface area contributed by atoms with Crippen LogP contribution in [0, 0.1) is 10.8 Å². The first-order valence-electron chi connectivity index (χ1n) is 14.4. The minimum Gasteiger partial charge on any atom is -0.497 e. The standard InChI is InChI=1S/C30H48N6O6/c1-29(2,3)17-23(37)32-14-9-12-22(26(31)39)34-27(40)25-21(13-15-36(25)24(38)18-30(4,5)6)35-28(41)33-19-10-8-11-20(16-19)42-7/h8,10-11,16,21-22,25H,9,12-15,17-18H2,1-7H3,(H2,31,39)(H,32,37)(H,34,40)(H2,33,35,41)/t21-,22-,25-/m0/s1. The Morgan fingerprint density at radius 1 is 1.05 bits per heavy atom. The van der Waals surface area contributed by atoms with Crippen LogP contribution >= 0.6 is 0 Å². The van der Waals surface area contributed by atoms with Crippen LogP contribution < -0.4 is 31.7 Å². The number of nitrogens with one attached hydrogen (secondary N) is 4. The fourth-order valence-electron chi connectivity index (χ4n) is 4.76. The van der Waals surface area contributed by atoms with Gasteiger partial charge in [-0.25, -0.2) is 4.79 Å². The first-order valence-corrected chi connectivity index (χ1v) is 14.4. The zero-order valence-corrected chi connectivity index (χ0v) is 26.0. The van der Waals surface area contributed by atoms with Crippen molar-refractivity contribution in [2.75, 3.05) is 25.5 Å². The molecule has 1 aromatic carbocycles. The van der Waals surface area contributed by atoms with E-state index in [-0.39, 0.29) is 42.0 Å². The monoisotopic (exact) mass is 588 g/mol. The SMILES string of the molecule is COc1cccc(NC(=O)N[C@H]2CCN(C(=O)CC(C)(C)C)[C@@H]2C(=O)N[C@@H](CCCNC(=O)CC(C)(C)C)C(N)=O)c1. The number of ether oxygens (including phenoxy) is 1. The third kappa shape index (κ3) is 11.6. The van der Waals surface area contributed by atoms with Gasteiger partial charge in [0.15, 0.2) is 0 Å². The molecule has 0 aromatic heterocycles. The molecule has 6 N–H and O–H groups in total. The Hall–Kier alpha value is -3.83. The number of anilines is 1. The summed E-state index contributed by atoms with van der Waals surface area (Å²) in [4.78, 5) is 65.5. The van der Waals surface area contributed by atoms with Gasteiger partial charge in [-0.1, -0.05) is 47.6 Å². The van der Waals surface area contributed by atoms with Gasteiger partial charge in [0.05, 0.1) is 13.2 Å². The number of rotatable bonds is 12. The lowest BCUT2D eigenvalue weighted by molar-refractivity contribution is -0.141. The summed E-state index contributed by atoms with van der Waals surface area (Å²) in [5.41, 5.74) is 5.62. The van der Waals surface area contributed by atoms with Crippen molar-refractivity contribution in [1.29, 1.82) is 0 Å². The van der Waals surface area contributed by atoms with Gasteiger partial charge in [-0.15, -0.1) is 0 Å². The van der Waals surface area contributed by atoms with Crippen LogP contribution in [0.4, 0.5) is 10.5 Å². The first-order chi connectivity index (χ1) is 19.5. The molecule has 1 aliphatic rings.